The van der Waals surface area contributed by atoms with Crippen molar-refractivity contribution in [2.75, 3.05) is 44.2 Å². The Morgan fingerprint density at radius 1 is 0.889 bits per heavy atom. The monoisotopic (exact) mass is 371 g/mol. The van der Waals surface area contributed by atoms with Gasteiger partial charge in [0.05, 0.1) is 0 Å². The highest BCUT2D eigenvalue weighted by molar-refractivity contribution is 5.80. The largest absolute Gasteiger partial charge is 0.368 e. The number of amides is 2. The van der Waals surface area contributed by atoms with Crippen LogP contribution in [0.5, 0.6) is 0 Å². The van der Waals surface area contributed by atoms with E-state index in [1.54, 1.807) is 6.92 Å². The van der Waals surface area contributed by atoms with Gasteiger partial charge in [0, 0.05) is 57.8 Å². The highest BCUT2D eigenvalue weighted by Crippen LogP contribution is 2.32. The minimum absolute atomic E-state index is 0.0778. The highest BCUT2D eigenvalue weighted by Gasteiger charge is 2.31. The number of carbonyl (C=O) groups is 2. The summed E-state index contributed by atoms with van der Waals surface area (Å²) in [7, 11) is 0. The molecule has 3 rings (SSSR count). The highest BCUT2D eigenvalue weighted by atomic mass is 16.2. The van der Waals surface area contributed by atoms with Crippen LogP contribution in [0.25, 0.3) is 0 Å². The van der Waals surface area contributed by atoms with Gasteiger partial charge in [0.1, 0.15) is 0 Å². The average Bonchev–Trinajstić information content (AvgIpc) is 2.67. The molecular weight excluding hydrogens is 338 g/mol. The number of hydrogen-bond donors (Lipinski definition) is 0. The van der Waals surface area contributed by atoms with E-state index in [9.17, 15) is 9.59 Å². The fourth-order valence-corrected chi connectivity index (χ4v) is 4.25. The first-order valence-electron chi connectivity index (χ1n) is 10.2. The lowest BCUT2D eigenvalue weighted by atomic mass is 9.85. The van der Waals surface area contributed by atoms with Gasteiger partial charge in [-0.2, -0.15) is 0 Å². The van der Waals surface area contributed by atoms with Gasteiger partial charge in [0.2, 0.25) is 11.8 Å². The van der Waals surface area contributed by atoms with Crippen LogP contribution in [0.1, 0.15) is 46.1 Å². The minimum Gasteiger partial charge on any atom is -0.368 e. The topological polar surface area (TPSA) is 43.9 Å². The molecule has 0 saturated carbocycles. The predicted octanol–water partition coefficient (Wildman–Crippen LogP) is 2.89. The van der Waals surface area contributed by atoms with Crippen molar-refractivity contribution in [1.82, 2.24) is 9.80 Å². The molecule has 2 aliphatic rings. The van der Waals surface area contributed by atoms with Crippen LogP contribution < -0.4 is 4.90 Å². The van der Waals surface area contributed by atoms with Gasteiger partial charge in [-0.25, -0.2) is 0 Å². The maximum atomic E-state index is 12.9. The van der Waals surface area contributed by atoms with E-state index in [1.165, 1.54) is 11.3 Å². The van der Waals surface area contributed by atoms with Gasteiger partial charge in [0.25, 0.3) is 0 Å². The zero-order chi connectivity index (χ0) is 19.6. The summed E-state index contributed by atoms with van der Waals surface area (Å²) in [5.74, 6) is 0.475. The molecule has 0 atom stereocenters. The number of para-hydroxylation sites is 1. The standard InChI is InChI=1S/C22H33N3O2/c1-17(26)23-11-9-18(10-12-23)21(27)25-15-13-24(14-16-25)20-8-6-5-7-19(20)22(2,3)4/h5-8,18H,9-16H2,1-4H3. The Hall–Kier alpha value is -2.04. The molecule has 1 aromatic carbocycles. The molecule has 2 amide bonds. The molecule has 0 bridgehead atoms. The third-order valence-corrected chi connectivity index (χ3v) is 5.93. The molecule has 2 aliphatic heterocycles. The third kappa shape index (κ3) is 4.45. The van der Waals surface area contributed by atoms with E-state index in [0.29, 0.717) is 13.1 Å². The first kappa shape index (κ1) is 19.7. The molecule has 0 aromatic heterocycles. The van der Waals surface area contributed by atoms with Crippen LogP contribution in [0.2, 0.25) is 0 Å². The van der Waals surface area contributed by atoms with E-state index in [2.05, 4.69) is 49.9 Å². The zero-order valence-corrected chi connectivity index (χ0v) is 17.2. The van der Waals surface area contributed by atoms with Crippen molar-refractivity contribution in [2.24, 2.45) is 5.92 Å². The first-order chi connectivity index (χ1) is 12.8. The summed E-state index contributed by atoms with van der Waals surface area (Å²) in [6.45, 7) is 13.1. The summed E-state index contributed by atoms with van der Waals surface area (Å²) in [6, 6.07) is 8.63. The average molecular weight is 372 g/mol. The van der Waals surface area contributed by atoms with E-state index < -0.39 is 0 Å². The lowest BCUT2D eigenvalue weighted by Gasteiger charge is -2.40. The normalized spacial score (nSPS) is 19.3. The quantitative estimate of drug-likeness (QED) is 0.803. The first-order valence-corrected chi connectivity index (χ1v) is 10.2. The fraction of sp³-hybridized carbons (Fsp3) is 0.636. The molecule has 2 heterocycles. The lowest BCUT2D eigenvalue weighted by molar-refractivity contribution is -0.140. The van der Waals surface area contributed by atoms with E-state index >= 15 is 0 Å². The molecule has 148 valence electrons. The summed E-state index contributed by atoms with van der Waals surface area (Å²) < 4.78 is 0. The third-order valence-electron chi connectivity index (χ3n) is 5.93. The van der Waals surface area contributed by atoms with Gasteiger partial charge in [-0.3, -0.25) is 9.59 Å². The van der Waals surface area contributed by atoms with Gasteiger partial charge in [0.15, 0.2) is 0 Å². The van der Waals surface area contributed by atoms with Crippen molar-refractivity contribution in [2.45, 2.75) is 46.0 Å². The Labute approximate surface area is 163 Å². The number of carbonyl (C=O) groups excluding carboxylic acids is 2. The molecule has 27 heavy (non-hydrogen) atoms. The minimum atomic E-state index is 0.0778. The summed E-state index contributed by atoms with van der Waals surface area (Å²) in [4.78, 5) is 30.7. The fourth-order valence-electron chi connectivity index (χ4n) is 4.25. The Morgan fingerprint density at radius 2 is 1.48 bits per heavy atom. The Morgan fingerprint density at radius 3 is 2.04 bits per heavy atom. The van der Waals surface area contributed by atoms with Crippen molar-refractivity contribution < 1.29 is 9.59 Å². The second kappa shape index (κ2) is 7.91. The number of benzene rings is 1. The molecular formula is C22H33N3O2. The number of likely N-dealkylation sites (tertiary alicyclic amines) is 1. The van der Waals surface area contributed by atoms with Crippen molar-refractivity contribution >= 4 is 17.5 Å². The molecule has 2 fully saturated rings. The molecule has 0 spiro atoms. The number of rotatable bonds is 2. The Kier molecular flexibility index (Phi) is 5.78. The molecule has 5 heteroatoms. The number of hydrogen-bond acceptors (Lipinski definition) is 3. The smallest absolute Gasteiger partial charge is 0.225 e. The van der Waals surface area contributed by atoms with Crippen molar-refractivity contribution in [1.29, 1.82) is 0 Å². The van der Waals surface area contributed by atoms with Gasteiger partial charge < -0.3 is 14.7 Å². The Balaban J connectivity index is 1.58. The summed E-state index contributed by atoms with van der Waals surface area (Å²) >= 11 is 0. The van der Waals surface area contributed by atoms with Gasteiger partial charge in [-0.05, 0) is 29.9 Å². The lowest BCUT2D eigenvalue weighted by Crippen LogP contribution is -2.52. The van der Waals surface area contributed by atoms with Gasteiger partial charge >= 0.3 is 0 Å². The number of anilines is 1. The molecule has 0 N–H and O–H groups in total. The Bertz CT molecular complexity index is 679. The molecule has 0 aliphatic carbocycles. The molecule has 2 saturated heterocycles. The van der Waals surface area contributed by atoms with E-state index in [1.807, 2.05) is 9.80 Å². The maximum Gasteiger partial charge on any atom is 0.225 e. The van der Waals surface area contributed by atoms with Crippen LogP contribution in [0.15, 0.2) is 24.3 Å². The number of piperidine rings is 1. The summed E-state index contributed by atoms with van der Waals surface area (Å²) in [6.07, 6.45) is 1.59. The SMILES string of the molecule is CC(=O)N1CCC(C(=O)N2CCN(c3ccccc3C(C)(C)C)CC2)CC1. The molecule has 0 unspecified atom stereocenters. The van der Waals surface area contributed by atoms with Crippen molar-refractivity contribution in [3.05, 3.63) is 29.8 Å². The van der Waals surface area contributed by atoms with Crippen molar-refractivity contribution in [3.8, 4) is 0 Å². The molecule has 1 aromatic rings. The molecule has 0 radical (unpaired) electrons. The van der Waals surface area contributed by atoms with E-state index in [-0.39, 0.29) is 23.1 Å². The van der Waals surface area contributed by atoms with Crippen LogP contribution in [0, 0.1) is 5.92 Å². The van der Waals surface area contributed by atoms with E-state index in [0.717, 1.165) is 39.0 Å². The van der Waals surface area contributed by atoms with Crippen LogP contribution in [0.4, 0.5) is 5.69 Å². The second-order valence-corrected chi connectivity index (χ2v) is 8.86. The second-order valence-electron chi connectivity index (χ2n) is 8.86. The zero-order valence-electron chi connectivity index (χ0n) is 17.2. The van der Waals surface area contributed by atoms with Gasteiger partial charge in [-0.15, -0.1) is 0 Å². The molecule has 5 nitrogen and oxygen atoms in total. The number of piperazine rings is 1. The van der Waals surface area contributed by atoms with Gasteiger partial charge in [-0.1, -0.05) is 39.0 Å². The maximum absolute atomic E-state index is 12.9. The predicted molar refractivity (Wildman–Crippen MR) is 109 cm³/mol. The van der Waals surface area contributed by atoms with Crippen LogP contribution in [0.3, 0.4) is 0 Å². The van der Waals surface area contributed by atoms with Crippen molar-refractivity contribution in [3.63, 3.8) is 0 Å². The van der Waals surface area contributed by atoms with Crippen LogP contribution in [-0.2, 0) is 15.0 Å². The van der Waals surface area contributed by atoms with Crippen LogP contribution >= 0.6 is 0 Å². The summed E-state index contributed by atoms with van der Waals surface area (Å²) in [5.41, 5.74) is 2.77. The van der Waals surface area contributed by atoms with E-state index in [4.69, 9.17) is 0 Å². The summed E-state index contributed by atoms with van der Waals surface area (Å²) in [5, 5.41) is 0. The number of nitrogens with zero attached hydrogens (tertiary/aromatic N) is 3. The van der Waals surface area contributed by atoms with Crippen LogP contribution in [-0.4, -0.2) is 60.9 Å².